The maximum Gasteiger partial charge on any atom is 0.270 e. The first kappa shape index (κ1) is 16.2. The summed E-state index contributed by atoms with van der Waals surface area (Å²) in [6.07, 6.45) is 0. The molecule has 0 aliphatic rings. The maximum absolute atomic E-state index is 11.9. The van der Waals surface area contributed by atoms with E-state index in [1.165, 1.54) is 25.3 Å². The van der Waals surface area contributed by atoms with Crippen LogP contribution in [0.2, 0.25) is 0 Å². The summed E-state index contributed by atoms with van der Waals surface area (Å²) in [5, 5.41) is 20.4. The molecule has 0 fully saturated rings. The predicted molar refractivity (Wildman–Crippen MR) is 82.1 cm³/mol. The normalized spacial score (nSPS) is 10.1. The van der Waals surface area contributed by atoms with Gasteiger partial charge in [-0.3, -0.25) is 20.3 Å². The monoisotopic (exact) mass is 317 g/mol. The van der Waals surface area contributed by atoms with Crippen molar-refractivity contribution in [3.63, 3.8) is 0 Å². The molecule has 120 valence electrons. The molecule has 2 rings (SSSR count). The van der Waals surface area contributed by atoms with Gasteiger partial charge in [0.05, 0.1) is 12.0 Å². The highest BCUT2D eigenvalue weighted by atomic mass is 16.6. The molecule has 0 aliphatic heterocycles. The second-order valence-corrected chi connectivity index (χ2v) is 4.61. The van der Waals surface area contributed by atoms with Crippen molar-refractivity contribution in [3.05, 3.63) is 63.7 Å². The largest absolute Gasteiger partial charge is 0.508 e. The number of amides is 1. The number of carbonyl (C=O) groups excluding carboxylic acids is 1. The number of hydrazine groups is 1. The van der Waals surface area contributed by atoms with Crippen molar-refractivity contribution in [1.29, 1.82) is 0 Å². The Labute approximate surface area is 131 Å². The fourth-order valence-corrected chi connectivity index (χ4v) is 1.86. The number of carbonyl (C=O) groups is 1. The Kier molecular flexibility index (Phi) is 5.11. The minimum atomic E-state index is -0.557. The Morgan fingerprint density at radius 2 is 1.96 bits per heavy atom. The van der Waals surface area contributed by atoms with Crippen LogP contribution in [0.25, 0.3) is 0 Å². The Hall–Kier alpha value is -3.13. The molecule has 8 heteroatoms. The van der Waals surface area contributed by atoms with Crippen molar-refractivity contribution in [1.82, 2.24) is 10.9 Å². The fraction of sp³-hybridized carbons (Fsp3) is 0.133. The molecule has 0 bridgehead atoms. The standard InChI is InChI=1S/C15H15N3O5/c1-23-13-5-2-10(3-6-13)15(20)17-16-9-11-8-12(18(21)22)4-7-14(11)19/h2-8,16,19H,9H2,1H3,(H,17,20). The van der Waals surface area contributed by atoms with Crippen LogP contribution < -0.4 is 15.6 Å². The van der Waals surface area contributed by atoms with Gasteiger partial charge < -0.3 is 9.84 Å². The number of rotatable bonds is 6. The molecule has 0 unspecified atom stereocenters. The van der Waals surface area contributed by atoms with Gasteiger partial charge in [0.1, 0.15) is 11.5 Å². The van der Waals surface area contributed by atoms with Gasteiger partial charge in [-0.05, 0) is 30.3 Å². The number of ether oxygens (including phenoxy) is 1. The SMILES string of the molecule is COc1ccc(C(=O)NNCc2cc([N+](=O)[O-])ccc2O)cc1. The van der Waals surface area contributed by atoms with Crippen molar-refractivity contribution in [2.75, 3.05) is 7.11 Å². The highest BCUT2D eigenvalue weighted by Gasteiger charge is 2.11. The summed E-state index contributed by atoms with van der Waals surface area (Å²) in [5.41, 5.74) is 5.65. The molecule has 0 saturated carbocycles. The van der Waals surface area contributed by atoms with Gasteiger partial charge in [0.15, 0.2) is 0 Å². The van der Waals surface area contributed by atoms with E-state index in [0.29, 0.717) is 16.9 Å². The molecule has 2 aromatic rings. The summed E-state index contributed by atoms with van der Waals surface area (Å²) in [4.78, 5) is 22.1. The molecule has 23 heavy (non-hydrogen) atoms. The van der Waals surface area contributed by atoms with Crippen molar-refractivity contribution >= 4 is 11.6 Å². The third-order valence-corrected chi connectivity index (χ3v) is 3.11. The Morgan fingerprint density at radius 1 is 1.26 bits per heavy atom. The quantitative estimate of drug-likeness (QED) is 0.552. The summed E-state index contributed by atoms with van der Waals surface area (Å²) < 4.78 is 5.00. The zero-order valence-electron chi connectivity index (χ0n) is 12.3. The van der Waals surface area contributed by atoms with Crippen LogP contribution in [-0.2, 0) is 6.54 Å². The second-order valence-electron chi connectivity index (χ2n) is 4.61. The molecule has 0 radical (unpaired) electrons. The van der Waals surface area contributed by atoms with E-state index in [0.717, 1.165) is 0 Å². The van der Waals surface area contributed by atoms with Crippen molar-refractivity contribution < 1.29 is 19.6 Å². The number of aromatic hydroxyl groups is 1. The van der Waals surface area contributed by atoms with Crippen molar-refractivity contribution in [2.45, 2.75) is 6.54 Å². The van der Waals surface area contributed by atoms with E-state index >= 15 is 0 Å². The first-order valence-electron chi connectivity index (χ1n) is 6.65. The minimum Gasteiger partial charge on any atom is -0.508 e. The van der Waals surface area contributed by atoms with E-state index in [9.17, 15) is 20.0 Å². The number of nitrogens with one attached hydrogen (secondary N) is 2. The van der Waals surface area contributed by atoms with Gasteiger partial charge in [-0.25, -0.2) is 5.43 Å². The topological polar surface area (TPSA) is 114 Å². The summed E-state index contributed by atoms with van der Waals surface area (Å²) in [5.74, 6) is 0.162. The lowest BCUT2D eigenvalue weighted by Gasteiger charge is -2.09. The van der Waals surface area contributed by atoms with Gasteiger partial charge in [0.25, 0.3) is 11.6 Å². The highest BCUT2D eigenvalue weighted by Crippen LogP contribution is 2.22. The Balaban J connectivity index is 1.95. The number of hydrogen-bond donors (Lipinski definition) is 3. The third kappa shape index (κ3) is 4.17. The Bertz CT molecular complexity index is 716. The molecule has 0 atom stereocenters. The van der Waals surface area contributed by atoms with E-state index in [2.05, 4.69) is 10.9 Å². The lowest BCUT2D eigenvalue weighted by atomic mass is 10.2. The number of nitrogens with zero attached hydrogens (tertiary/aromatic N) is 1. The van der Waals surface area contributed by atoms with Crippen molar-refractivity contribution in [3.8, 4) is 11.5 Å². The van der Waals surface area contributed by atoms with Crippen LogP contribution >= 0.6 is 0 Å². The number of hydrogen-bond acceptors (Lipinski definition) is 6. The average Bonchev–Trinajstić information content (AvgIpc) is 2.56. The first-order chi connectivity index (χ1) is 11.0. The van der Waals surface area contributed by atoms with Gasteiger partial charge in [-0.1, -0.05) is 0 Å². The van der Waals surface area contributed by atoms with Gasteiger partial charge in [-0.2, -0.15) is 0 Å². The van der Waals surface area contributed by atoms with E-state index in [1.54, 1.807) is 24.3 Å². The van der Waals surface area contributed by atoms with Crippen LogP contribution in [-0.4, -0.2) is 23.0 Å². The van der Waals surface area contributed by atoms with Gasteiger partial charge in [0.2, 0.25) is 0 Å². The molecule has 0 saturated heterocycles. The molecule has 1 amide bonds. The van der Waals surface area contributed by atoms with Gasteiger partial charge in [-0.15, -0.1) is 0 Å². The van der Waals surface area contributed by atoms with Gasteiger partial charge >= 0.3 is 0 Å². The molecule has 0 heterocycles. The molecule has 0 aliphatic carbocycles. The molecule has 8 nitrogen and oxygen atoms in total. The summed E-state index contributed by atoms with van der Waals surface area (Å²) in [6, 6.07) is 10.2. The average molecular weight is 317 g/mol. The second kappa shape index (κ2) is 7.23. The lowest BCUT2D eigenvalue weighted by Crippen LogP contribution is -2.36. The fourth-order valence-electron chi connectivity index (χ4n) is 1.86. The summed E-state index contributed by atoms with van der Waals surface area (Å²) in [7, 11) is 1.53. The maximum atomic E-state index is 11.9. The number of methoxy groups -OCH3 is 1. The van der Waals surface area contributed by atoms with Crippen LogP contribution in [0.5, 0.6) is 11.5 Å². The third-order valence-electron chi connectivity index (χ3n) is 3.11. The number of nitro benzene ring substituents is 1. The van der Waals surface area contributed by atoms with E-state index in [4.69, 9.17) is 4.74 Å². The van der Waals surface area contributed by atoms with Crippen LogP contribution in [0.15, 0.2) is 42.5 Å². The van der Waals surface area contributed by atoms with E-state index in [1.807, 2.05) is 0 Å². The molecular formula is C15H15N3O5. The van der Waals surface area contributed by atoms with E-state index < -0.39 is 4.92 Å². The molecule has 0 spiro atoms. The molecule has 0 aromatic heterocycles. The smallest absolute Gasteiger partial charge is 0.270 e. The summed E-state index contributed by atoms with van der Waals surface area (Å²) in [6.45, 7) is 0.0371. The minimum absolute atomic E-state index is 0.0371. The Morgan fingerprint density at radius 3 is 2.57 bits per heavy atom. The van der Waals surface area contributed by atoms with Crippen molar-refractivity contribution in [2.24, 2.45) is 0 Å². The molecular weight excluding hydrogens is 302 g/mol. The number of phenolic OH excluding ortho intramolecular Hbond substituents is 1. The van der Waals surface area contributed by atoms with Crippen LogP contribution in [0.1, 0.15) is 15.9 Å². The van der Waals surface area contributed by atoms with E-state index in [-0.39, 0.29) is 23.9 Å². The lowest BCUT2D eigenvalue weighted by molar-refractivity contribution is -0.384. The number of nitro groups is 1. The zero-order valence-corrected chi connectivity index (χ0v) is 12.3. The molecule has 2 aromatic carbocycles. The molecule has 3 N–H and O–H groups in total. The number of phenols is 1. The van der Waals surface area contributed by atoms with Crippen LogP contribution in [0, 0.1) is 10.1 Å². The van der Waals surface area contributed by atoms with Crippen LogP contribution in [0.4, 0.5) is 5.69 Å². The van der Waals surface area contributed by atoms with Crippen LogP contribution in [0.3, 0.4) is 0 Å². The predicted octanol–water partition coefficient (Wildman–Crippen LogP) is 1.74. The number of benzene rings is 2. The van der Waals surface area contributed by atoms with Gasteiger partial charge in [0, 0.05) is 29.8 Å². The first-order valence-corrected chi connectivity index (χ1v) is 6.65. The summed E-state index contributed by atoms with van der Waals surface area (Å²) >= 11 is 0. The highest BCUT2D eigenvalue weighted by molar-refractivity contribution is 5.93. The number of non-ortho nitro benzene ring substituents is 1. The zero-order chi connectivity index (χ0) is 16.8.